The lowest BCUT2D eigenvalue weighted by atomic mass is 9.80. The van der Waals surface area contributed by atoms with Crippen LogP contribution in [0.4, 0.5) is 0 Å². The molecule has 1 aliphatic carbocycles. The van der Waals surface area contributed by atoms with E-state index >= 15 is 0 Å². The molecule has 2 heteroatoms. The van der Waals surface area contributed by atoms with Crippen molar-refractivity contribution in [3.63, 3.8) is 0 Å². The third kappa shape index (κ3) is 3.76. The second kappa shape index (κ2) is 6.49. The van der Waals surface area contributed by atoms with Gasteiger partial charge in [0.1, 0.15) is 0 Å². The normalized spacial score (nSPS) is 29.4. The van der Waals surface area contributed by atoms with Gasteiger partial charge < -0.3 is 10.2 Å². The number of nitrogens with one attached hydrogen (secondary N) is 1. The summed E-state index contributed by atoms with van der Waals surface area (Å²) in [6, 6.07) is 1.60. The lowest BCUT2D eigenvalue weighted by Crippen LogP contribution is -2.40. The first-order chi connectivity index (χ1) is 7.19. The topological polar surface area (TPSA) is 15.3 Å². The Morgan fingerprint density at radius 1 is 1.20 bits per heavy atom. The molecule has 0 amide bonds. The Kier molecular flexibility index (Phi) is 5.62. The van der Waals surface area contributed by atoms with Crippen LogP contribution in [0.25, 0.3) is 0 Å². The molecule has 0 heterocycles. The summed E-state index contributed by atoms with van der Waals surface area (Å²) in [5.74, 6) is 0.935. The molecule has 0 aromatic heterocycles. The van der Waals surface area contributed by atoms with Crippen molar-refractivity contribution in [1.82, 2.24) is 10.2 Å². The zero-order valence-electron chi connectivity index (χ0n) is 10.9. The van der Waals surface area contributed by atoms with Gasteiger partial charge in [-0.15, -0.1) is 0 Å². The van der Waals surface area contributed by atoms with Crippen LogP contribution in [0.5, 0.6) is 0 Å². The Hall–Kier alpha value is -0.0800. The number of rotatable bonds is 5. The van der Waals surface area contributed by atoms with E-state index in [9.17, 15) is 0 Å². The molecule has 1 rings (SSSR count). The highest BCUT2D eigenvalue weighted by Gasteiger charge is 2.27. The molecule has 15 heavy (non-hydrogen) atoms. The van der Waals surface area contributed by atoms with Crippen LogP contribution in [0.15, 0.2) is 0 Å². The largest absolute Gasteiger partial charge is 0.317 e. The van der Waals surface area contributed by atoms with Gasteiger partial charge in [0.05, 0.1) is 0 Å². The third-order valence-electron chi connectivity index (χ3n) is 3.97. The maximum atomic E-state index is 3.41. The Labute approximate surface area is 95.4 Å². The number of nitrogens with zero attached hydrogens (tertiary/aromatic N) is 1. The standard InChI is InChI=1S/C13H28N2/c1-5-6-13(15(3)4)11-7-9-12(14-2)10-8-11/h11-14H,5-10H2,1-4H3. The van der Waals surface area contributed by atoms with Gasteiger partial charge in [0.2, 0.25) is 0 Å². The molecular formula is C13H28N2. The van der Waals surface area contributed by atoms with Gasteiger partial charge in [0.15, 0.2) is 0 Å². The van der Waals surface area contributed by atoms with Crippen molar-refractivity contribution in [1.29, 1.82) is 0 Å². The van der Waals surface area contributed by atoms with Gasteiger partial charge in [-0.05, 0) is 59.2 Å². The summed E-state index contributed by atoms with van der Waals surface area (Å²) in [6.45, 7) is 2.30. The van der Waals surface area contributed by atoms with Crippen LogP contribution in [0.2, 0.25) is 0 Å². The Balaban J connectivity index is 2.41. The van der Waals surface area contributed by atoms with E-state index in [1.807, 2.05) is 0 Å². The van der Waals surface area contributed by atoms with Crippen LogP contribution in [0, 0.1) is 5.92 Å². The van der Waals surface area contributed by atoms with Gasteiger partial charge in [-0.2, -0.15) is 0 Å². The van der Waals surface area contributed by atoms with Gasteiger partial charge in [0, 0.05) is 12.1 Å². The molecular weight excluding hydrogens is 184 g/mol. The summed E-state index contributed by atoms with van der Waals surface area (Å²) in [4.78, 5) is 2.44. The minimum atomic E-state index is 0.783. The second-order valence-electron chi connectivity index (χ2n) is 5.22. The van der Waals surface area contributed by atoms with Crippen molar-refractivity contribution >= 4 is 0 Å². The molecule has 1 saturated carbocycles. The fraction of sp³-hybridized carbons (Fsp3) is 1.00. The first-order valence-corrected chi connectivity index (χ1v) is 6.52. The molecule has 0 bridgehead atoms. The first-order valence-electron chi connectivity index (χ1n) is 6.52. The summed E-state index contributed by atoms with van der Waals surface area (Å²) in [7, 11) is 6.58. The molecule has 0 saturated heterocycles. The molecule has 0 spiro atoms. The predicted octanol–water partition coefficient (Wildman–Crippen LogP) is 2.49. The average molecular weight is 212 g/mol. The molecule has 1 N–H and O–H groups in total. The maximum Gasteiger partial charge on any atom is 0.0117 e. The van der Waals surface area contributed by atoms with Crippen LogP contribution in [0.1, 0.15) is 45.4 Å². The molecule has 2 nitrogen and oxygen atoms in total. The van der Waals surface area contributed by atoms with Crippen molar-refractivity contribution in [3.8, 4) is 0 Å². The summed E-state index contributed by atoms with van der Waals surface area (Å²) in [6.07, 6.45) is 8.24. The van der Waals surface area contributed by atoms with E-state index in [-0.39, 0.29) is 0 Å². The van der Waals surface area contributed by atoms with Crippen LogP contribution in [-0.4, -0.2) is 38.1 Å². The fourth-order valence-corrected chi connectivity index (χ4v) is 3.00. The quantitative estimate of drug-likeness (QED) is 0.753. The molecule has 0 radical (unpaired) electrons. The Morgan fingerprint density at radius 3 is 2.20 bits per heavy atom. The monoisotopic (exact) mass is 212 g/mol. The molecule has 0 aliphatic heterocycles. The highest BCUT2D eigenvalue weighted by atomic mass is 15.1. The molecule has 1 fully saturated rings. The maximum absolute atomic E-state index is 3.41. The van der Waals surface area contributed by atoms with Gasteiger partial charge in [-0.1, -0.05) is 13.3 Å². The van der Waals surface area contributed by atoms with Crippen molar-refractivity contribution in [3.05, 3.63) is 0 Å². The van der Waals surface area contributed by atoms with E-state index in [4.69, 9.17) is 0 Å². The van der Waals surface area contributed by atoms with Crippen LogP contribution < -0.4 is 5.32 Å². The van der Waals surface area contributed by atoms with Crippen LogP contribution in [-0.2, 0) is 0 Å². The molecule has 1 unspecified atom stereocenters. The zero-order chi connectivity index (χ0) is 11.3. The predicted molar refractivity (Wildman–Crippen MR) is 67.2 cm³/mol. The number of hydrogen-bond donors (Lipinski definition) is 1. The fourth-order valence-electron chi connectivity index (χ4n) is 3.00. The second-order valence-corrected chi connectivity index (χ2v) is 5.22. The lowest BCUT2D eigenvalue weighted by molar-refractivity contribution is 0.149. The van der Waals surface area contributed by atoms with Gasteiger partial charge >= 0.3 is 0 Å². The highest BCUT2D eigenvalue weighted by Crippen LogP contribution is 2.30. The average Bonchev–Trinajstić information content (AvgIpc) is 2.26. The molecule has 1 atom stereocenters. The van der Waals surface area contributed by atoms with E-state index in [2.05, 4.69) is 38.3 Å². The molecule has 1 aliphatic rings. The minimum absolute atomic E-state index is 0.783. The van der Waals surface area contributed by atoms with Gasteiger partial charge in [-0.25, -0.2) is 0 Å². The molecule has 0 aromatic carbocycles. The van der Waals surface area contributed by atoms with Crippen molar-refractivity contribution in [2.24, 2.45) is 5.92 Å². The van der Waals surface area contributed by atoms with Crippen LogP contribution in [0.3, 0.4) is 0 Å². The Bertz CT molecular complexity index is 160. The summed E-state index contributed by atoms with van der Waals surface area (Å²) in [5.41, 5.74) is 0. The van der Waals surface area contributed by atoms with Gasteiger partial charge in [0.25, 0.3) is 0 Å². The van der Waals surface area contributed by atoms with E-state index in [0.29, 0.717) is 0 Å². The highest BCUT2D eigenvalue weighted by molar-refractivity contribution is 4.83. The van der Waals surface area contributed by atoms with E-state index < -0.39 is 0 Å². The van der Waals surface area contributed by atoms with Crippen molar-refractivity contribution in [2.75, 3.05) is 21.1 Å². The van der Waals surface area contributed by atoms with E-state index in [1.54, 1.807) is 0 Å². The summed E-state index contributed by atoms with van der Waals surface area (Å²) < 4.78 is 0. The van der Waals surface area contributed by atoms with Crippen molar-refractivity contribution < 1.29 is 0 Å². The summed E-state index contributed by atoms with van der Waals surface area (Å²) in [5, 5.41) is 3.41. The third-order valence-corrected chi connectivity index (χ3v) is 3.97. The molecule has 0 aromatic rings. The SMILES string of the molecule is CCCC(C1CCC(NC)CC1)N(C)C. The van der Waals surface area contributed by atoms with Crippen LogP contribution >= 0.6 is 0 Å². The van der Waals surface area contributed by atoms with Gasteiger partial charge in [-0.3, -0.25) is 0 Å². The first kappa shape index (κ1) is 13.0. The molecule has 90 valence electrons. The smallest absolute Gasteiger partial charge is 0.0117 e. The van der Waals surface area contributed by atoms with E-state index in [1.165, 1.54) is 38.5 Å². The minimum Gasteiger partial charge on any atom is -0.317 e. The zero-order valence-corrected chi connectivity index (χ0v) is 10.9. The van der Waals surface area contributed by atoms with Crippen molar-refractivity contribution in [2.45, 2.75) is 57.5 Å². The summed E-state index contributed by atoms with van der Waals surface area (Å²) >= 11 is 0. The number of hydrogen-bond acceptors (Lipinski definition) is 2. The lowest BCUT2D eigenvalue weighted by Gasteiger charge is -2.37. The Morgan fingerprint density at radius 2 is 1.80 bits per heavy atom. The van der Waals surface area contributed by atoms with E-state index in [0.717, 1.165) is 18.0 Å².